The molecular weight excluding hydrogens is 413 g/mol. The van der Waals surface area contributed by atoms with Crippen molar-refractivity contribution in [2.75, 3.05) is 7.11 Å². The van der Waals surface area contributed by atoms with Gasteiger partial charge < -0.3 is 9.84 Å². The average molecular weight is 449 g/mol. The Hall–Kier alpha value is -3.21. The molecule has 0 saturated carbocycles. The Morgan fingerprint density at radius 2 is 1.38 bits per heavy atom. The number of halogens is 3. The molecule has 0 aromatic carbocycles. The Kier molecular flexibility index (Phi) is 15.1. The van der Waals surface area contributed by atoms with E-state index in [1.807, 2.05) is 6.92 Å². The molecule has 0 saturated heterocycles. The summed E-state index contributed by atoms with van der Waals surface area (Å²) in [4.78, 5) is 0. The molecule has 0 aromatic heterocycles. The van der Waals surface area contributed by atoms with Crippen molar-refractivity contribution in [3.63, 3.8) is 0 Å². The van der Waals surface area contributed by atoms with E-state index in [1.54, 1.807) is 6.92 Å². The molecule has 32 heavy (non-hydrogen) atoms. The minimum absolute atomic E-state index is 0.00991. The van der Waals surface area contributed by atoms with E-state index in [0.717, 1.165) is 0 Å². The summed E-state index contributed by atoms with van der Waals surface area (Å²) in [6, 6.07) is 0. The molecule has 0 aromatic rings. The van der Waals surface area contributed by atoms with Crippen molar-refractivity contribution in [2.45, 2.75) is 26.7 Å². The number of aliphatic hydroxyl groups excluding tert-OH is 1. The summed E-state index contributed by atoms with van der Waals surface area (Å²) in [6.45, 7) is 30.8. The number of methoxy groups -OCH3 is 1. The number of aliphatic hydroxyl groups is 1. The molecule has 1 N–H and O–H groups in total. The first-order chi connectivity index (χ1) is 14.8. The number of rotatable bonds is 13. The molecule has 0 fully saturated rings. The van der Waals surface area contributed by atoms with Crippen LogP contribution in [0.5, 0.6) is 0 Å². The molecule has 176 valence electrons. The fourth-order valence-corrected chi connectivity index (χ4v) is 2.27. The fourth-order valence-electron chi connectivity index (χ4n) is 2.27. The van der Waals surface area contributed by atoms with E-state index in [1.165, 1.54) is 25.3 Å². The molecule has 2 unspecified atom stereocenters. The second-order valence-electron chi connectivity index (χ2n) is 7.06. The third-order valence-corrected chi connectivity index (χ3v) is 4.69. The maximum absolute atomic E-state index is 14.5. The van der Waals surface area contributed by atoms with E-state index in [0.29, 0.717) is 18.4 Å². The van der Waals surface area contributed by atoms with Crippen molar-refractivity contribution in [3.05, 3.63) is 122 Å². The van der Waals surface area contributed by atoms with Crippen LogP contribution in [0.3, 0.4) is 0 Å². The normalized spacial score (nSPS) is 13.8. The highest BCUT2D eigenvalue weighted by molar-refractivity contribution is 5.50. The van der Waals surface area contributed by atoms with Gasteiger partial charge in [-0.25, -0.2) is 13.2 Å². The standard InChI is InChI=1S/C25H31F3O2.C2H4/c1-15(18(4)14-23(26)22(8)30-9)10-11-16(2)20(6)24(27)25(28)21(7)17(3)12-13-19(5)29;1-2/h12-16,29H,3-8,10-11H2,1-2,9H3;1-2H2/b13-12-,23-14+,25-24-;. The number of hydrogen-bond donors (Lipinski definition) is 1. The third-order valence-electron chi connectivity index (χ3n) is 4.69. The predicted molar refractivity (Wildman–Crippen MR) is 131 cm³/mol. The minimum Gasteiger partial charge on any atom is -0.509 e. The molecule has 0 aliphatic carbocycles. The van der Waals surface area contributed by atoms with Gasteiger partial charge in [-0.15, -0.1) is 13.2 Å². The fraction of sp³-hybridized carbons (Fsp3) is 0.259. The molecule has 0 rings (SSSR count). The van der Waals surface area contributed by atoms with Crippen molar-refractivity contribution >= 4 is 0 Å². The third kappa shape index (κ3) is 10.7. The molecule has 0 bridgehead atoms. The van der Waals surface area contributed by atoms with Crippen molar-refractivity contribution in [3.8, 4) is 0 Å². The highest BCUT2D eigenvalue weighted by Gasteiger charge is 2.20. The van der Waals surface area contributed by atoms with Gasteiger partial charge >= 0.3 is 0 Å². The maximum atomic E-state index is 14.5. The summed E-state index contributed by atoms with van der Waals surface area (Å²) in [5.41, 5.74) is 0.366. The monoisotopic (exact) mass is 448 g/mol. The Morgan fingerprint density at radius 1 is 0.875 bits per heavy atom. The lowest BCUT2D eigenvalue weighted by Gasteiger charge is -2.18. The van der Waals surface area contributed by atoms with Gasteiger partial charge in [0, 0.05) is 5.57 Å². The average Bonchev–Trinajstić information content (AvgIpc) is 2.78. The van der Waals surface area contributed by atoms with Gasteiger partial charge in [-0.2, -0.15) is 0 Å². The first-order valence-corrected chi connectivity index (χ1v) is 9.81. The molecule has 5 heteroatoms. The van der Waals surface area contributed by atoms with Gasteiger partial charge in [-0.3, -0.25) is 0 Å². The molecule has 0 aliphatic rings. The molecule has 0 heterocycles. The van der Waals surface area contributed by atoms with E-state index in [4.69, 9.17) is 9.84 Å². The molecule has 2 nitrogen and oxygen atoms in total. The van der Waals surface area contributed by atoms with Crippen LogP contribution in [0.4, 0.5) is 13.2 Å². The topological polar surface area (TPSA) is 29.5 Å². The van der Waals surface area contributed by atoms with Gasteiger partial charge in [0.1, 0.15) is 11.5 Å². The van der Waals surface area contributed by atoms with Gasteiger partial charge in [0.2, 0.25) is 0 Å². The van der Waals surface area contributed by atoms with Crippen LogP contribution in [0.25, 0.3) is 0 Å². The number of allylic oxidation sites excluding steroid dienone is 10. The zero-order valence-corrected chi connectivity index (χ0v) is 19.4. The Bertz CT molecular complexity index is 841. The summed E-state index contributed by atoms with van der Waals surface area (Å²) >= 11 is 0. The molecule has 0 aliphatic heterocycles. The number of ether oxygens (including phenoxy) is 1. The second-order valence-corrected chi connectivity index (χ2v) is 7.06. The number of hydrogen-bond acceptors (Lipinski definition) is 2. The lowest BCUT2D eigenvalue weighted by Crippen LogP contribution is -2.05. The van der Waals surface area contributed by atoms with Crippen LogP contribution in [0.15, 0.2) is 122 Å². The Balaban J connectivity index is 0. The summed E-state index contributed by atoms with van der Waals surface area (Å²) in [5.74, 6) is -3.68. The van der Waals surface area contributed by atoms with E-state index >= 15 is 0 Å². The molecule has 0 spiro atoms. The van der Waals surface area contributed by atoms with Crippen LogP contribution < -0.4 is 0 Å². The van der Waals surface area contributed by atoms with E-state index in [2.05, 4.69) is 52.6 Å². The smallest absolute Gasteiger partial charge is 0.166 e. The zero-order valence-electron chi connectivity index (χ0n) is 19.4. The van der Waals surface area contributed by atoms with Gasteiger partial charge in [-0.05, 0) is 53.5 Å². The lowest BCUT2D eigenvalue weighted by molar-refractivity contribution is 0.285. The summed E-state index contributed by atoms with van der Waals surface area (Å²) < 4.78 is 47.5. The summed E-state index contributed by atoms with van der Waals surface area (Å²) in [7, 11) is 1.32. The van der Waals surface area contributed by atoms with E-state index in [9.17, 15) is 13.2 Å². The highest BCUT2D eigenvalue weighted by Crippen LogP contribution is 2.32. The highest BCUT2D eigenvalue weighted by atomic mass is 19.2. The molecule has 0 radical (unpaired) electrons. The zero-order chi connectivity index (χ0) is 25.6. The second kappa shape index (κ2) is 15.6. The molecule has 0 amide bonds. The SMILES string of the molecule is C=C.C=C(O)/C=C\C(=C)C(=C)/C(F)=C(/F)C(=C)C(C)CCC(C)C(=C)/C=C(/F)C(=C)OC. The first-order valence-electron chi connectivity index (χ1n) is 9.81. The molecular formula is C27H35F3O2. The minimum atomic E-state index is -1.16. The Labute approximate surface area is 191 Å². The van der Waals surface area contributed by atoms with Crippen LogP contribution in [0.1, 0.15) is 26.7 Å². The largest absolute Gasteiger partial charge is 0.509 e. The van der Waals surface area contributed by atoms with Gasteiger partial charge in [0.15, 0.2) is 17.5 Å². The van der Waals surface area contributed by atoms with Crippen molar-refractivity contribution in [2.24, 2.45) is 11.8 Å². The van der Waals surface area contributed by atoms with Crippen LogP contribution in [-0.2, 0) is 4.74 Å². The van der Waals surface area contributed by atoms with Crippen LogP contribution >= 0.6 is 0 Å². The van der Waals surface area contributed by atoms with E-state index in [-0.39, 0.29) is 40.1 Å². The van der Waals surface area contributed by atoms with Crippen molar-refractivity contribution in [1.29, 1.82) is 0 Å². The van der Waals surface area contributed by atoms with Crippen molar-refractivity contribution in [1.82, 2.24) is 0 Å². The predicted octanol–water partition coefficient (Wildman–Crippen LogP) is 8.86. The van der Waals surface area contributed by atoms with Crippen LogP contribution in [0, 0.1) is 11.8 Å². The summed E-state index contributed by atoms with van der Waals surface area (Å²) in [6.07, 6.45) is 4.77. The van der Waals surface area contributed by atoms with Gasteiger partial charge in [0.25, 0.3) is 0 Å². The van der Waals surface area contributed by atoms with Gasteiger partial charge in [0.05, 0.1) is 7.11 Å². The van der Waals surface area contributed by atoms with Crippen LogP contribution in [-0.4, -0.2) is 12.2 Å². The molecule has 2 atom stereocenters. The quantitative estimate of drug-likeness (QED) is 0.173. The van der Waals surface area contributed by atoms with Gasteiger partial charge in [-0.1, -0.05) is 59.4 Å². The first kappa shape index (κ1) is 31.0. The summed E-state index contributed by atoms with van der Waals surface area (Å²) in [5, 5.41) is 9.04. The Morgan fingerprint density at radius 3 is 1.84 bits per heavy atom. The maximum Gasteiger partial charge on any atom is 0.166 e. The van der Waals surface area contributed by atoms with Crippen molar-refractivity contribution < 1.29 is 23.0 Å². The lowest BCUT2D eigenvalue weighted by atomic mass is 9.88. The van der Waals surface area contributed by atoms with Crippen LogP contribution in [0.2, 0.25) is 0 Å². The van der Waals surface area contributed by atoms with E-state index < -0.39 is 17.5 Å².